The average Bonchev–Trinajstić information content (AvgIpc) is 2.89. The standard InChI is InChI=1S/C13H15FN2O/c14-10-1-2-12(11(15)6-10)16-13(17)9-4-7-3-8(7)5-9/h1-2,6-9H,3-5,15H2,(H,16,17). The molecule has 0 radical (unpaired) electrons. The van der Waals surface area contributed by atoms with Gasteiger partial charge in [0.25, 0.3) is 0 Å². The van der Waals surface area contributed by atoms with Gasteiger partial charge in [-0.3, -0.25) is 4.79 Å². The number of nitrogen functional groups attached to an aromatic ring is 1. The fraction of sp³-hybridized carbons (Fsp3) is 0.462. The highest BCUT2D eigenvalue weighted by Gasteiger charge is 2.47. The molecule has 3 rings (SSSR count). The van der Waals surface area contributed by atoms with Gasteiger partial charge in [0, 0.05) is 5.92 Å². The summed E-state index contributed by atoms with van der Waals surface area (Å²) in [7, 11) is 0. The zero-order valence-corrected chi connectivity index (χ0v) is 9.45. The zero-order chi connectivity index (χ0) is 12.0. The van der Waals surface area contributed by atoms with Crippen LogP contribution in [0.25, 0.3) is 0 Å². The molecule has 2 unspecified atom stereocenters. The molecule has 3 N–H and O–H groups in total. The van der Waals surface area contributed by atoms with Gasteiger partial charge in [0.2, 0.25) is 5.91 Å². The molecule has 17 heavy (non-hydrogen) atoms. The summed E-state index contributed by atoms with van der Waals surface area (Å²) >= 11 is 0. The first-order chi connectivity index (χ1) is 8.13. The van der Waals surface area contributed by atoms with Gasteiger partial charge in [0.15, 0.2) is 0 Å². The van der Waals surface area contributed by atoms with Crippen molar-refractivity contribution in [3.8, 4) is 0 Å². The number of hydrogen-bond donors (Lipinski definition) is 2. The van der Waals surface area contributed by atoms with Crippen LogP contribution in [0.1, 0.15) is 19.3 Å². The lowest BCUT2D eigenvalue weighted by Gasteiger charge is -2.13. The maximum absolute atomic E-state index is 12.9. The molecule has 2 aliphatic rings. The topological polar surface area (TPSA) is 55.1 Å². The van der Waals surface area contributed by atoms with Crippen molar-refractivity contribution < 1.29 is 9.18 Å². The van der Waals surface area contributed by atoms with E-state index < -0.39 is 0 Å². The van der Waals surface area contributed by atoms with Crippen LogP contribution >= 0.6 is 0 Å². The molecule has 3 nitrogen and oxygen atoms in total. The van der Waals surface area contributed by atoms with E-state index in [1.165, 1.54) is 24.6 Å². The summed E-state index contributed by atoms with van der Waals surface area (Å²) < 4.78 is 12.9. The van der Waals surface area contributed by atoms with E-state index in [9.17, 15) is 9.18 Å². The molecule has 2 aliphatic carbocycles. The van der Waals surface area contributed by atoms with Crippen molar-refractivity contribution in [2.24, 2.45) is 17.8 Å². The quantitative estimate of drug-likeness (QED) is 0.772. The minimum Gasteiger partial charge on any atom is -0.397 e. The molecule has 4 heteroatoms. The van der Waals surface area contributed by atoms with Crippen molar-refractivity contribution in [2.75, 3.05) is 11.1 Å². The molecular weight excluding hydrogens is 219 g/mol. The molecule has 90 valence electrons. The summed E-state index contributed by atoms with van der Waals surface area (Å²) in [6.45, 7) is 0. The van der Waals surface area contributed by atoms with Crippen LogP contribution in [0.2, 0.25) is 0 Å². The fourth-order valence-electron chi connectivity index (χ4n) is 2.81. The lowest BCUT2D eigenvalue weighted by molar-refractivity contribution is -0.120. The molecule has 1 amide bonds. The number of anilines is 2. The Labute approximate surface area is 99.2 Å². The number of amides is 1. The Morgan fingerprint density at radius 3 is 2.65 bits per heavy atom. The van der Waals surface area contributed by atoms with Crippen molar-refractivity contribution in [3.05, 3.63) is 24.0 Å². The van der Waals surface area contributed by atoms with E-state index in [0.717, 1.165) is 24.7 Å². The number of halogens is 1. The molecule has 2 atom stereocenters. The number of carbonyl (C=O) groups is 1. The highest BCUT2D eigenvalue weighted by molar-refractivity contribution is 5.95. The van der Waals surface area contributed by atoms with Crippen LogP contribution in [0.4, 0.5) is 15.8 Å². The molecule has 0 bridgehead atoms. The first-order valence-corrected chi connectivity index (χ1v) is 5.99. The van der Waals surface area contributed by atoms with E-state index in [4.69, 9.17) is 5.73 Å². The minimum absolute atomic E-state index is 0.0236. The van der Waals surface area contributed by atoms with Crippen molar-refractivity contribution in [1.29, 1.82) is 0 Å². The molecule has 0 spiro atoms. The Balaban J connectivity index is 1.67. The average molecular weight is 234 g/mol. The van der Waals surface area contributed by atoms with Gasteiger partial charge >= 0.3 is 0 Å². The second kappa shape index (κ2) is 3.72. The summed E-state index contributed by atoms with van der Waals surface area (Å²) in [6.07, 6.45) is 3.29. The second-order valence-electron chi connectivity index (χ2n) is 5.15. The van der Waals surface area contributed by atoms with Gasteiger partial charge in [-0.05, 0) is 49.3 Å². The maximum Gasteiger partial charge on any atom is 0.227 e. The van der Waals surface area contributed by atoms with Crippen LogP contribution in [0, 0.1) is 23.6 Å². The van der Waals surface area contributed by atoms with Crippen LogP contribution in [-0.2, 0) is 4.79 Å². The highest BCUT2D eigenvalue weighted by atomic mass is 19.1. The van der Waals surface area contributed by atoms with E-state index in [1.807, 2.05) is 0 Å². The number of nitrogens with one attached hydrogen (secondary N) is 1. The summed E-state index contributed by atoms with van der Waals surface area (Å²) in [5, 5.41) is 2.79. The third-order valence-corrected chi connectivity index (χ3v) is 3.89. The third kappa shape index (κ3) is 1.99. The van der Waals surface area contributed by atoms with E-state index >= 15 is 0 Å². The Hall–Kier alpha value is -1.58. The Morgan fingerprint density at radius 2 is 2.00 bits per heavy atom. The largest absolute Gasteiger partial charge is 0.397 e. The predicted molar refractivity (Wildman–Crippen MR) is 63.8 cm³/mol. The van der Waals surface area contributed by atoms with E-state index in [0.29, 0.717) is 5.69 Å². The molecular formula is C13H15FN2O. The summed E-state index contributed by atoms with van der Waals surface area (Å²) in [6, 6.07) is 4.04. The number of hydrogen-bond acceptors (Lipinski definition) is 2. The van der Waals surface area contributed by atoms with Crippen LogP contribution < -0.4 is 11.1 Å². The first-order valence-electron chi connectivity index (χ1n) is 5.99. The summed E-state index contributed by atoms with van der Waals surface area (Å²) in [5.41, 5.74) is 6.44. The van der Waals surface area contributed by atoms with Gasteiger partial charge in [-0.1, -0.05) is 0 Å². The molecule has 0 aliphatic heterocycles. The lowest BCUT2D eigenvalue weighted by atomic mass is 10.0. The molecule has 0 saturated heterocycles. The second-order valence-corrected chi connectivity index (χ2v) is 5.15. The number of carbonyl (C=O) groups excluding carboxylic acids is 1. The van der Waals surface area contributed by atoms with Gasteiger partial charge < -0.3 is 11.1 Å². The maximum atomic E-state index is 12.9. The van der Waals surface area contributed by atoms with Gasteiger partial charge in [-0.15, -0.1) is 0 Å². The van der Waals surface area contributed by atoms with Crippen LogP contribution in [0.5, 0.6) is 0 Å². The normalized spacial score (nSPS) is 29.8. The summed E-state index contributed by atoms with van der Waals surface area (Å²) in [5.74, 6) is 1.30. The summed E-state index contributed by atoms with van der Waals surface area (Å²) in [4.78, 5) is 12.0. The van der Waals surface area contributed by atoms with E-state index in [2.05, 4.69) is 5.32 Å². The van der Waals surface area contributed by atoms with Gasteiger partial charge in [-0.2, -0.15) is 0 Å². The molecule has 2 fully saturated rings. The number of rotatable bonds is 2. The Kier molecular flexibility index (Phi) is 2.31. The van der Waals surface area contributed by atoms with Crippen LogP contribution in [0.3, 0.4) is 0 Å². The van der Waals surface area contributed by atoms with E-state index in [1.54, 1.807) is 0 Å². The SMILES string of the molecule is Nc1cc(F)ccc1NC(=O)C1CC2CC2C1. The van der Waals surface area contributed by atoms with E-state index in [-0.39, 0.29) is 23.3 Å². The zero-order valence-electron chi connectivity index (χ0n) is 9.45. The van der Waals surface area contributed by atoms with Crippen LogP contribution in [0.15, 0.2) is 18.2 Å². The van der Waals surface area contributed by atoms with Crippen molar-refractivity contribution in [3.63, 3.8) is 0 Å². The predicted octanol–water partition coefficient (Wildman–Crippen LogP) is 2.39. The molecule has 2 saturated carbocycles. The fourth-order valence-corrected chi connectivity index (χ4v) is 2.81. The Bertz CT molecular complexity index is 464. The monoisotopic (exact) mass is 234 g/mol. The van der Waals surface area contributed by atoms with Crippen molar-refractivity contribution in [1.82, 2.24) is 0 Å². The van der Waals surface area contributed by atoms with Crippen molar-refractivity contribution >= 4 is 17.3 Å². The molecule has 0 heterocycles. The molecule has 0 aromatic heterocycles. The molecule has 1 aromatic carbocycles. The Morgan fingerprint density at radius 1 is 1.29 bits per heavy atom. The van der Waals surface area contributed by atoms with Gasteiger partial charge in [-0.25, -0.2) is 4.39 Å². The van der Waals surface area contributed by atoms with Gasteiger partial charge in [0.05, 0.1) is 11.4 Å². The number of fused-ring (bicyclic) bond motifs is 1. The molecule has 1 aromatic rings. The van der Waals surface area contributed by atoms with Crippen molar-refractivity contribution in [2.45, 2.75) is 19.3 Å². The third-order valence-electron chi connectivity index (χ3n) is 3.89. The first kappa shape index (κ1) is 10.6. The lowest BCUT2D eigenvalue weighted by Crippen LogP contribution is -2.22. The number of benzene rings is 1. The van der Waals surface area contributed by atoms with Crippen LogP contribution in [-0.4, -0.2) is 5.91 Å². The minimum atomic E-state index is -0.386. The highest BCUT2D eigenvalue weighted by Crippen LogP contribution is 2.54. The smallest absolute Gasteiger partial charge is 0.227 e. The van der Waals surface area contributed by atoms with Gasteiger partial charge in [0.1, 0.15) is 5.82 Å². The number of nitrogens with two attached hydrogens (primary N) is 1.